The van der Waals surface area contributed by atoms with Gasteiger partial charge in [-0.25, -0.2) is 4.98 Å². The smallest absolute Gasteiger partial charge is 0.270 e. The van der Waals surface area contributed by atoms with Crippen molar-refractivity contribution in [2.75, 3.05) is 0 Å². The van der Waals surface area contributed by atoms with Crippen molar-refractivity contribution < 1.29 is 4.79 Å². The molecule has 0 bridgehead atoms. The fraction of sp³-hybridized carbons (Fsp3) is 0.154. The molecule has 0 radical (unpaired) electrons. The molecule has 0 fully saturated rings. The summed E-state index contributed by atoms with van der Waals surface area (Å²) in [6.07, 6.45) is 0. The number of aromatic nitrogens is 1. The van der Waals surface area contributed by atoms with Gasteiger partial charge < -0.3 is 5.32 Å². The first kappa shape index (κ1) is 11.1. The average molecular weight is 225 g/mol. The fourth-order valence-corrected chi connectivity index (χ4v) is 1.50. The van der Waals surface area contributed by atoms with Crippen LogP contribution in [-0.4, -0.2) is 16.9 Å². The highest BCUT2D eigenvalue weighted by Gasteiger charge is 2.10. The molecule has 1 aromatic heterocycles. The maximum atomic E-state index is 11.7. The van der Waals surface area contributed by atoms with Gasteiger partial charge in [0.1, 0.15) is 11.7 Å². The number of hydrogen-bond donors (Lipinski definition) is 1. The van der Waals surface area contributed by atoms with Crippen LogP contribution in [0.3, 0.4) is 0 Å². The van der Waals surface area contributed by atoms with Crippen molar-refractivity contribution in [2.24, 2.45) is 0 Å². The summed E-state index contributed by atoms with van der Waals surface area (Å²) in [6, 6.07) is 12.5. The third-order valence-corrected chi connectivity index (χ3v) is 2.37. The van der Waals surface area contributed by atoms with Crippen molar-refractivity contribution in [3.8, 4) is 6.07 Å². The minimum Gasteiger partial charge on any atom is -0.335 e. The minimum atomic E-state index is -0.518. The topological polar surface area (TPSA) is 65.8 Å². The van der Waals surface area contributed by atoms with Crippen molar-refractivity contribution >= 4 is 16.8 Å². The van der Waals surface area contributed by atoms with E-state index in [0.29, 0.717) is 5.69 Å². The monoisotopic (exact) mass is 225 g/mol. The summed E-state index contributed by atoms with van der Waals surface area (Å²) in [4.78, 5) is 16.0. The van der Waals surface area contributed by atoms with E-state index in [2.05, 4.69) is 10.3 Å². The molecule has 1 heterocycles. The minimum absolute atomic E-state index is 0.325. The Labute approximate surface area is 98.9 Å². The molecule has 0 spiro atoms. The number of hydrogen-bond acceptors (Lipinski definition) is 3. The van der Waals surface area contributed by atoms with Gasteiger partial charge in [0.05, 0.1) is 11.6 Å². The highest BCUT2D eigenvalue weighted by molar-refractivity contribution is 5.95. The Morgan fingerprint density at radius 3 is 2.88 bits per heavy atom. The van der Waals surface area contributed by atoms with Crippen LogP contribution < -0.4 is 5.32 Å². The number of fused-ring (bicyclic) bond motifs is 1. The SMILES string of the molecule is CC(C#N)NC(=O)c1ccc2ccccc2n1. The molecule has 17 heavy (non-hydrogen) atoms. The number of carbonyl (C=O) groups is 1. The van der Waals surface area contributed by atoms with Crippen LogP contribution in [0.2, 0.25) is 0 Å². The first-order valence-corrected chi connectivity index (χ1v) is 5.27. The van der Waals surface area contributed by atoms with Crippen molar-refractivity contribution in [3.63, 3.8) is 0 Å². The summed E-state index contributed by atoms with van der Waals surface area (Å²) in [7, 11) is 0. The van der Waals surface area contributed by atoms with Gasteiger partial charge in [0.25, 0.3) is 5.91 Å². The predicted molar refractivity (Wildman–Crippen MR) is 64.3 cm³/mol. The van der Waals surface area contributed by atoms with E-state index in [1.807, 2.05) is 36.4 Å². The van der Waals surface area contributed by atoms with Crippen LogP contribution in [0, 0.1) is 11.3 Å². The third kappa shape index (κ3) is 2.40. The van der Waals surface area contributed by atoms with Gasteiger partial charge in [0.15, 0.2) is 0 Å². The molecule has 1 N–H and O–H groups in total. The highest BCUT2D eigenvalue weighted by Crippen LogP contribution is 2.11. The van der Waals surface area contributed by atoms with Crippen LogP contribution >= 0.6 is 0 Å². The quantitative estimate of drug-likeness (QED) is 0.848. The number of nitrogens with zero attached hydrogens (tertiary/aromatic N) is 2. The van der Waals surface area contributed by atoms with Crippen LogP contribution in [0.15, 0.2) is 36.4 Å². The third-order valence-electron chi connectivity index (χ3n) is 2.37. The van der Waals surface area contributed by atoms with E-state index in [0.717, 1.165) is 10.9 Å². The van der Waals surface area contributed by atoms with Gasteiger partial charge in [-0.05, 0) is 19.1 Å². The molecule has 2 aromatic rings. The van der Waals surface area contributed by atoms with Crippen molar-refractivity contribution in [1.29, 1.82) is 5.26 Å². The van der Waals surface area contributed by atoms with Gasteiger partial charge in [-0.3, -0.25) is 4.79 Å². The summed E-state index contributed by atoms with van der Waals surface area (Å²) in [5, 5.41) is 12.1. The number of nitrogens with one attached hydrogen (secondary N) is 1. The standard InChI is InChI=1S/C13H11N3O/c1-9(8-14)15-13(17)12-7-6-10-4-2-3-5-11(10)16-12/h2-7,9H,1H3,(H,15,17). The molecule has 84 valence electrons. The number of benzene rings is 1. The Kier molecular flexibility index (Phi) is 3.01. The highest BCUT2D eigenvalue weighted by atomic mass is 16.1. The normalized spacial score (nSPS) is 11.8. The lowest BCUT2D eigenvalue weighted by molar-refractivity contribution is 0.0943. The van der Waals surface area contributed by atoms with E-state index in [9.17, 15) is 4.79 Å². The first-order chi connectivity index (χ1) is 8.20. The van der Waals surface area contributed by atoms with Gasteiger partial charge in [0, 0.05) is 5.39 Å². The summed E-state index contributed by atoms with van der Waals surface area (Å²) >= 11 is 0. The molecule has 1 unspecified atom stereocenters. The maximum absolute atomic E-state index is 11.7. The van der Waals surface area contributed by atoms with Crippen molar-refractivity contribution in [1.82, 2.24) is 10.3 Å². The van der Waals surface area contributed by atoms with E-state index < -0.39 is 6.04 Å². The van der Waals surface area contributed by atoms with E-state index in [-0.39, 0.29) is 5.91 Å². The summed E-state index contributed by atoms with van der Waals surface area (Å²) < 4.78 is 0. The maximum Gasteiger partial charge on any atom is 0.270 e. The Bertz CT molecular complexity index is 601. The zero-order valence-corrected chi connectivity index (χ0v) is 9.34. The number of rotatable bonds is 2. The van der Waals surface area contributed by atoms with Crippen molar-refractivity contribution in [3.05, 3.63) is 42.1 Å². The van der Waals surface area contributed by atoms with Gasteiger partial charge >= 0.3 is 0 Å². The van der Waals surface area contributed by atoms with Crippen LogP contribution in [0.4, 0.5) is 0 Å². The summed E-state index contributed by atoms with van der Waals surface area (Å²) in [5.74, 6) is -0.329. The lowest BCUT2D eigenvalue weighted by atomic mass is 10.2. The van der Waals surface area contributed by atoms with E-state index in [1.54, 1.807) is 13.0 Å². The van der Waals surface area contributed by atoms with E-state index in [1.165, 1.54) is 0 Å². The van der Waals surface area contributed by atoms with Gasteiger partial charge in [-0.2, -0.15) is 5.26 Å². The van der Waals surface area contributed by atoms with Gasteiger partial charge in [0.2, 0.25) is 0 Å². The van der Waals surface area contributed by atoms with Gasteiger partial charge in [-0.15, -0.1) is 0 Å². The Balaban J connectivity index is 2.31. The second-order valence-corrected chi connectivity index (χ2v) is 3.71. The zero-order valence-electron chi connectivity index (χ0n) is 9.34. The summed E-state index contributed by atoms with van der Waals surface area (Å²) in [5.41, 5.74) is 1.09. The molecule has 2 rings (SSSR count). The second-order valence-electron chi connectivity index (χ2n) is 3.71. The lowest BCUT2D eigenvalue weighted by Crippen LogP contribution is -2.31. The lowest BCUT2D eigenvalue weighted by Gasteiger charge is -2.06. The second kappa shape index (κ2) is 4.62. The largest absolute Gasteiger partial charge is 0.335 e. The fourth-order valence-electron chi connectivity index (χ4n) is 1.50. The molecule has 0 saturated carbocycles. The molecule has 0 aliphatic carbocycles. The molecule has 1 atom stereocenters. The van der Waals surface area contributed by atoms with E-state index >= 15 is 0 Å². The molecule has 0 aliphatic heterocycles. The molecule has 1 aromatic carbocycles. The number of amides is 1. The molecule has 0 aliphatic rings. The van der Waals surface area contributed by atoms with Crippen LogP contribution in [0.5, 0.6) is 0 Å². The summed E-state index contributed by atoms with van der Waals surface area (Å²) in [6.45, 7) is 1.62. The van der Waals surface area contributed by atoms with Crippen LogP contribution in [-0.2, 0) is 0 Å². The molecular formula is C13H11N3O. The number of para-hydroxylation sites is 1. The molecule has 1 amide bonds. The molecular weight excluding hydrogens is 214 g/mol. The van der Waals surface area contributed by atoms with E-state index in [4.69, 9.17) is 5.26 Å². The zero-order chi connectivity index (χ0) is 12.3. The Hall–Kier alpha value is -2.41. The number of nitriles is 1. The average Bonchev–Trinajstić information content (AvgIpc) is 2.38. The number of carbonyl (C=O) groups excluding carboxylic acids is 1. The molecule has 4 heteroatoms. The predicted octanol–water partition coefficient (Wildman–Crippen LogP) is 1.88. The Morgan fingerprint density at radius 2 is 2.12 bits per heavy atom. The Morgan fingerprint density at radius 1 is 1.35 bits per heavy atom. The van der Waals surface area contributed by atoms with Gasteiger partial charge in [-0.1, -0.05) is 24.3 Å². The van der Waals surface area contributed by atoms with Crippen LogP contribution in [0.25, 0.3) is 10.9 Å². The van der Waals surface area contributed by atoms with Crippen LogP contribution in [0.1, 0.15) is 17.4 Å². The molecule has 0 saturated heterocycles. The van der Waals surface area contributed by atoms with Crippen molar-refractivity contribution in [2.45, 2.75) is 13.0 Å². The first-order valence-electron chi connectivity index (χ1n) is 5.27. The molecule has 4 nitrogen and oxygen atoms in total. The number of pyridine rings is 1.